The molecule has 0 radical (unpaired) electrons. The molecule has 0 aliphatic rings. The number of hydrogen-bond donors (Lipinski definition) is 2. The van der Waals surface area contributed by atoms with Crippen LogP contribution in [0.25, 0.3) is 11.1 Å². The Hall–Kier alpha value is -1.46. The van der Waals surface area contributed by atoms with Crippen molar-refractivity contribution < 1.29 is 9.62 Å². The number of oxazole rings is 1. The molecule has 1 aromatic heterocycles. The van der Waals surface area contributed by atoms with Crippen LogP contribution < -0.4 is 5.76 Å². The van der Waals surface area contributed by atoms with Gasteiger partial charge in [-0.2, -0.15) is 0 Å². The van der Waals surface area contributed by atoms with E-state index in [2.05, 4.69) is 10.1 Å². The summed E-state index contributed by atoms with van der Waals surface area (Å²) in [6.07, 6.45) is 0. The van der Waals surface area contributed by atoms with Gasteiger partial charge < -0.3 is 9.62 Å². The predicted molar refractivity (Wildman–Crippen MR) is 60.8 cm³/mol. The highest BCUT2D eigenvalue weighted by Gasteiger charge is 2.15. The van der Waals surface area contributed by atoms with Crippen molar-refractivity contribution in [2.75, 3.05) is 0 Å². The first-order chi connectivity index (χ1) is 7.54. The molecule has 1 aromatic carbocycles. The lowest BCUT2D eigenvalue weighted by Gasteiger charge is -2.04. The maximum Gasteiger partial charge on any atom is 0.417 e. The summed E-state index contributed by atoms with van der Waals surface area (Å²) in [5.74, 6) is -0.606. The largest absolute Gasteiger partial charge is 0.417 e. The van der Waals surface area contributed by atoms with Crippen LogP contribution in [0.4, 0.5) is 0 Å². The van der Waals surface area contributed by atoms with Gasteiger partial charge in [0.05, 0.1) is 5.02 Å². The van der Waals surface area contributed by atoms with Gasteiger partial charge in [-0.25, -0.2) is 4.79 Å². The topological polar surface area (TPSA) is 78.6 Å². The number of halogens is 2. The lowest BCUT2D eigenvalue weighted by molar-refractivity contribution is 0.321. The molecule has 0 bridgehead atoms. The first kappa shape index (κ1) is 11.0. The SMILES string of the molecule is Cc1c(C(Cl)=NO)cc2oc(=O)[nH]c2c1Cl. The van der Waals surface area contributed by atoms with E-state index < -0.39 is 5.76 Å². The average molecular weight is 261 g/mol. The molecule has 2 N–H and O–H groups in total. The molecule has 0 atom stereocenters. The van der Waals surface area contributed by atoms with Gasteiger partial charge in [0, 0.05) is 5.56 Å². The van der Waals surface area contributed by atoms with Gasteiger partial charge in [-0.05, 0) is 18.6 Å². The number of aromatic nitrogens is 1. The summed E-state index contributed by atoms with van der Waals surface area (Å²) in [4.78, 5) is 13.5. The summed E-state index contributed by atoms with van der Waals surface area (Å²) < 4.78 is 4.85. The molecule has 0 unspecified atom stereocenters. The Morgan fingerprint density at radius 2 is 2.31 bits per heavy atom. The van der Waals surface area contributed by atoms with Gasteiger partial charge >= 0.3 is 5.76 Å². The van der Waals surface area contributed by atoms with Crippen molar-refractivity contribution in [1.82, 2.24) is 4.98 Å². The van der Waals surface area contributed by atoms with Crippen LogP contribution in [0, 0.1) is 6.92 Å². The summed E-state index contributed by atoms with van der Waals surface area (Å²) in [7, 11) is 0. The van der Waals surface area contributed by atoms with Gasteiger partial charge in [0.1, 0.15) is 5.52 Å². The number of nitrogens with zero attached hydrogens (tertiary/aromatic N) is 1. The molecule has 84 valence electrons. The van der Waals surface area contributed by atoms with Gasteiger partial charge in [-0.1, -0.05) is 28.4 Å². The molecule has 7 heteroatoms. The summed E-state index contributed by atoms with van der Waals surface area (Å²) in [5.41, 5.74) is 1.66. The number of H-pyrrole nitrogens is 1. The van der Waals surface area contributed by atoms with E-state index in [9.17, 15) is 4.79 Å². The summed E-state index contributed by atoms with van der Waals surface area (Å²) in [6.45, 7) is 1.69. The van der Waals surface area contributed by atoms with Gasteiger partial charge in [0.15, 0.2) is 10.8 Å². The van der Waals surface area contributed by atoms with Crippen LogP contribution in [0.15, 0.2) is 20.4 Å². The fourth-order valence-corrected chi connectivity index (χ4v) is 1.86. The monoisotopic (exact) mass is 260 g/mol. The molecule has 0 amide bonds. The zero-order valence-electron chi connectivity index (χ0n) is 8.04. The third kappa shape index (κ3) is 1.58. The fraction of sp³-hybridized carbons (Fsp3) is 0.111. The molecule has 0 aliphatic carbocycles. The van der Waals surface area contributed by atoms with E-state index in [0.29, 0.717) is 21.7 Å². The van der Waals surface area contributed by atoms with E-state index in [-0.39, 0.29) is 10.8 Å². The number of fused-ring (bicyclic) bond motifs is 1. The third-order valence-electron chi connectivity index (χ3n) is 2.21. The van der Waals surface area contributed by atoms with Crippen LogP contribution in [-0.2, 0) is 0 Å². The Morgan fingerprint density at radius 3 is 2.94 bits per heavy atom. The number of aromatic amines is 1. The molecule has 0 spiro atoms. The Kier molecular flexibility index (Phi) is 2.65. The van der Waals surface area contributed by atoms with Crippen molar-refractivity contribution in [2.45, 2.75) is 6.92 Å². The first-order valence-electron chi connectivity index (χ1n) is 4.24. The van der Waals surface area contributed by atoms with Crippen LogP contribution >= 0.6 is 23.2 Å². The van der Waals surface area contributed by atoms with Crippen LogP contribution in [-0.4, -0.2) is 15.4 Å². The highest BCUT2D eigenvalue weighted by molar-refractivity contribution is 6.69. The normalized spacial score (nSPS) is 12.3. The molecule has 2 rings (SSSR count). The van der Waals surface area contributed by atoms with Crippen molar-refractivity contribution in [3.05, 3.63) is 32.8 Å². The molecule has 0 aliphatic heterocycles. The smallest absolute Gasteiger partial charge is 0.410 e. The van der Waals surface area contributed by atoms with Crippen LogP contribution in [0.5, 0.6) is 0 Å². The number of nitrogens with one attached hydrogen (secondary N) is 1. The Balaban J connectivity index is 2.88. The second kappa shape index (κ2) is 3.84. The van der Waals surface area contributed by atoms with E-state index in [0.717, 1.165) is 0 Å². The maximum atomic E-state index is 11.0. The molecular formula is C9H6Cl2N2O3. The van der Waals surface area contributed by atoms with Gasteiger partial charge in [0.2, 0.25) is 0 Å². The van der Waals surface area contributed by atoms with Gasteiger partial charge in [0.25, 0.3) is 0 Å². The van der Waals surface area contributed by atoms with Crippen molar-refractivity contribution in [1.29, 1.82) is 0 Å². The molecule has 0 saturated carbocycles. The molecule has 2 aromatic rings. The third-order valence-corrected chi connectivity index (χ3v) is 2.97. The highest BCUT2D eigenvalue weighted by Crippen LogP contribution is 2.28. The molecule has 16 heavy (non-hydrogen) atoms. The zero-order chi connectivity index (χ0) is 11.9. The van der Waals surface area contributed by atoms with Crippen LogP contribution in [0.1, 0.15) is 11.1 Å². The van der Waals surface area contributed by atoms with Gasteiger partial charge in [-0.15, -0.1) is 0 Å². The van der Waals surface area contributed by atoms with E-state index in [1.807, 2.05) is 0 Å². The zero-order valence-corrected chi connectivity index (χ0v) is 9.56. The second-order valence-electron chi connectivity index (χ2n) is 3.14. The minimum absolute atomic E-state index is 0.120. The molecule has 0 saturated heterocycles. The molecule has 5 nitrogen and oxygen atoms in total. The highest BCUT2D eigenvalue weighted by atomic mass is 35.5. The Bertz CT molecular complexity index is 642. The lowest BCUT2D eigenvalue weighted by Crippen LogP contribution is -1.96. The Labute approximate surface area is 99.3 Å². The van der Waals surface area contributed by atoms with E-state index in [4.69, 9.17) is 32.8 Å². The number of oxime groups is 1. The maximum absolute atomic E-state index is 11.0. The van der Waals surface area contributed by atoms with Crippen LogP contribution in [0.2, 0.25) is 5.02 Å². The van der Waals surface area contributed by atoms with E-state index in [1.165, 1.54) is 6.07 Å². The van der Waals surface area contributed by atoms with E-state index >= 15 is 0 Å². The predicted octanol–water partition coefficient (Wildman–Crippen LogP) is 2.46. The minimum atomic E-state index is -0.606. The van der Waals surface area contributed by atoms with Crippen molar-refractivity contribution in [2.24, 2.45) is 5.16 Å². The molecule has 1 heterocycles. The van der Waals surface area contributed by atoms with Gasteiger partial charge in [-0.3, -0.25) is 4.98 Å². The van der Waals surface area contributed by atoms with Crippen LogP contribution in [0.3, 0.4) is 0 Å². The number of hydrogen-bond acceptors (Lipinski definition) is 4. The average Bonchev–Trinajstić information content (AvgIpc) is 2.63. The van der Waals surface area contributed by atoms with Crippen molar-refractivity contribution in [3.63, 3.8) is 0 Å². The van der Waals surface area contributed by atoms with E-state index in [1.54, 1.807) is 6.92 Å². The molecular weight excluding hydrogens is 255 g/mol. The summed E-state index contributed by atoms with van der Waals surface area (Å²) in [6, 6.07) is 1.48. The summed E-state index contributed by atoms with van der Waals surface area (Å²) >= 11 is 11.7. The van der Waals surface area contributed by atoms with Crippen molar-refractivity contribution >= 4 is 39.5 Å². The standard InChI is InChI=1S/C9H6Cl2N2O3/c1-3-4(8(11)13-15)2-5-7(6(3)10)12-9(14)16-5/h2,15H,1H3,(H,12,14). The first-order valence-corrected chi connectivity index (χ1v) is 5.00. The molecule has 0 fully saturated rings. The Morgan fingerprint density at radius 1 is 1.62 bits per heavy atom. The number of rotatable bonds is 1. The quantitative estimate of drug-likeness (QED) is 0.470. The summed E-state index contributed by atoms with van der Waals surface area (Å²) in [5, 5.41) is 11.6. The minimum Gasteiger partial charge on any atom is -0.410 e. The lowest BCUT2D eigenvalue weighted by atomic mass is 10.1. The van der Waals surface area contributed by atoms with Crippen molar-refractivity contribution in [3.8, 4) is 0 Å². The fourth-order valence-electron chi connectivity index (χ4n) is 1.42. The number of benzene rings is 1. The second-order valence-corrected chi connectivity index (χ2v) is 3.88.